The molecule has 0 radical (unpaired) electrons. The van der Waals surface area contributed by atoms with Gasteiger partial charge in [0.05, 0.1) is 6.33 Å². The van der Waals surface area contributed by atoms with Gasteiger partial charge in [-0.2, -0.15) is 11.8 Å². The molecule has 0 aliphatic heterocycles. The topological polar surface area (TPSA) is 29.9 Å². The van der Waals surface area contributed by atoms with E-state index in [0.717, 1.165) is 13.1 Å². The molecule has 1 N–H and O–H groups in total. The van der Waals surface area contributed by atoms with Gasteiger partial charge in [0.15, 0.2) is 0 Å². The van der Waals surface area contributed by atoms with E-state index >= 15 is 0 Å². The van der Waals surface area contributed by atoms with Crippen molar-refractivity contribution in [3.8, 4) is 0 Å². The molecule has 1 fully saturated rings. The van der Waals surface area contributed by atoms with E-state index in [2.05, 4.69) is 32.9 Å². The van der Waals surface area contributed by atoms with Gasteiger partial charge in [-0.3, -0.25) is 0 Å². The molecule has 1 aromatic rings. The fraction of sp³-hybridized carbons (Fsp3) is 0.786. The Morgan fingerprint density at radius 1 is 1.33 bits per heavy atom. The highest BCUT2D eigenvalue weighted by atomic mass is 32.2. The Morgan fingerprint density at radius 2 is 2.17 bits per heavy atom. The molecule has 3 nitrogen and oxygen atoms in total. The monoisotopic (exact) mass is 267 g/mol. The van der Waals surface area contributed by atoms with Gasteiger partial charge >= 0.3 is 0 Å². The third-order valence-electron chi connectivity index (χ3n) is 3.97. The van der Waals surface area contributed by atoms with Crippen molar-refractivity contribution >= 4 is 11.8 Å². The summed E-state index contributed by atoms with van der Waals surface area (Å²) in [5.74, 6) is 0. The molecule has 0 saturated heterocycles. The Kier molecular flexibility index (Phi) is 5.57. The predicted octanol–water partition coefficient (Wildman–Crippen LogP) is 2.93. The van der Waals surface area contributed by atoms with Crippen LogP contribution in [0.4, 0.5) is 0 Å². The van der Waals surface area contributed by atoms with Crippen molar-refractivity contribution < 1.29 is 0 Å². The molecule has 1 aliphatic carbocycles. The average molecular weight is 267 g/mol. The quantitative estimate of drug-likeness (QED) is 0.770. The minimum Gasteiger partial charge on any atom is -0.337 e. The van der Waals surface area contributed by atoms with Crippen molar-refractivity contribution in [2.75, 3.05) is 19.3 Å². The predicted molar refractivity (Wildman–Crippen MR) is 79.0 cm³/mol. The Hall–Kier alpha value is -0.480. The molecule has 1 aliphatic rings. The van der Waals surface area contributed by atoms with E-state index in [4.69, 9.17) is 0 Å². The number of aryl methyl sites for hydroxylation is 1. The Labute approximate surface area is 115 Å². The van der Waals surface area contributed by atoms with Crippen molar-refractivity contribution in [1.29, 1.82) is 0 Å². The third-order valence-corrected chi connectivity index (χ3v) is 5.39. The number of hydrogen-bond acceptors (Lipinski definition) is 3. The van der Waals surface area contributed by atoms with Crippen LogP contribution in [-0.4, -0.2) is 33.6 Å². The molecule has 0 spiro atoms. The van der Waals surface area contributed by atoms with E-state index in [1.54, 1.807) is 0 Å². The normalized spacial score (nSPS) is 18.9. The van der Waals surface area contributed by atoms with E-state index in [9.17, 15) is 0 Å². The van der Waals surface area contributed by atoms with Crippen LogP contribution in [0.1, 0.15) is 38.5 Å². The summed E-state index contributed by atoms with van der Waals surface area (Å²) in [5, 5.41) is 3.65. The van der Waals surface area contributed by atoms with Crippen LogP contribution in [0.2, 0.25) is 0 Å². The second-order valence-electron chi connectivity index (χ2n) is 5.28. The second-order valence-corrected chi connectivity index (χ2v) is 6.55. The molecular weight excluding hydrogens is 242 g/mol. The van der Waals surface area contributed by atoms with E-state index in [1.165, 1.54) is 45.1 Å². The lowest BCUT2D eigenvalue weighted by Gasteiger charge is -2.36. The van der Waals surface area contributed by atoms with Crippen LogP contribution in [0.25, 0.3) is 0 Å². The van der Waals surface area contributed by atoms with Gasteiger partial charge in [0.1, 0.15) is 0 Å². The summed E-state index contributed by atoms with van der Waals surface area (Å²) in [6, 6.07) is 0. The zero-order chi connectivity index (χ0) is 12.7. The molecule has 1 saturated carbocycles. The molecule has 1 aromatic heterocycles. The van der Waals surface area contributed by atoms with Gasteiger partial charge in [0.25, 0.3) is 0 Å². The summed E-state index contributed by atoms with van der Waals surface area (Å²) in [7, 11) is 0. The molecule has 0 aromatic carbocycles. The molecule has 4 heteroatoms. The molecular formula is C14H25N3S. The van der Waals surface area contributed by atoms with E-state index in [1.807, 2.05) is 18.7 Å². The number of nitrogens with one attached hydrogen (secondary N) is 1. The van der Waals surface area contributed by atoms with Crippen LogP contribution in [0.15, 0.2) is 18.7 Å². The zero-order valence-corrected chi connectivity index (χ0v) is 12.2. The number of rotatable bonds is 7. The van der Waals surface area contributed by atoms with Gasteiger partial charge in [-0.25, -0.2) is 4.98 Å². The molecule has 0 bridgehead atoms. The van der Waals surface area contributed by atoms with Crippen molar-refractivity contribution in [2.45, 2.75) is 49.8 Å². The van der Waals surface area contributed by atoms with Crippen LogP contribution >= 0.6 is 11.8 Å². The number of hydrogen-bond donors (Lipinski definition) is 1. The Balaban J connectivity index is 1.61. The molecule has 0 unspecified atom stereocenters. The van der Waals surface area contributed by atoms with E-state index in [0.29, 0.717) is 4.75 Å². The number of aromatic nitrogens is 2. The first-order valence-electron chi connectivity index (χ1n) is 7.06. The van der Waals surface area contributed by atoms with Crippen molar-refractivity contribution in [3.05, 3.63) is 18.7 Å². The van der Waals surface area contributed by atoms with Crippen molar-refractivity contribution in [2.24, 2.45) is 0 Å². The molecule has 0 atom stereocenters. The van der Waals surface area contributed by atoms with Gasteiger partial charge in [-0.15, -0.1) is 0 Å². The van der Waals surface area contributed by atoms with Crippen LogP contribution in [0.5, 0.6) is 0 Å². The summed E-state index contributed by atoms with van der Waals surface area (Å²) < 4.78 is 2.67. The van der Waals surface area contributed by atoms with Gasteiger partial charge in [0, 0.05) is 30.2 Å². The first-order chi connectivity index (χ1) is 8.85. The summed E-state index contributed by atoms with van der Waals surface area (Å²) in [6.45, 7) is 3.36. The number of nitrogens with zero attached hydrogens (tertiary/aromatic N) is 2. The van der Waals surface area contributed by atoms with Gasteiger partial charge in [-0.1, -0.05) is 19.3 Å². The lowest BCUT2D eigenvalue weighted by atomic mass is 9.88. The molecule has 18 heavy (non-hydrogen) atoms. The Morgan fingerprint density at radius 3 is 2.83 bits per heavy atom. The molecule has 0 amide bonds. The van der Waals surface area contributed by atoms with Crippen LogP contribution < -0.4 is 5.32 Å². The van der Waals surface area contributed by atoms with Crippen LogP contribution in [-0.2, 0) is 6.54 Å². The van der Waals surface area contributed by atoms with Gasteiger partial charge < -0.3 is 9.88 Å². The van der Waals surface area contributed by atoms with Crippen LogP contribution in [0.3, 0.4) is 0 Å². The maximum atomic E-state index is 4.06. The zero-order valence-electron chi connectivity index (χ0n) is 11.4. The number of thioether (sulfide) groups is 1. The average Bonchev–Trinajstić information content (AvgIpc) is 2.93. The SMILES string of the molecule is CSC1(CNCCCn2ccnc2)CCCCC1. The summed E-state index contributed by atoms with van der Waals surface area (Å²) in [4.78, 5) is 4.06. The minimum atomic E-state index is 0.521. The smallest absolute Gasteiger partial charge is 0.0945 e. The highest BCUT2D eigenvalue weighted by Gasteiger charge is 2.30. The Bertz CT molecular complexity index is 318. The lowest BCUT2D eigenvalue weighted by Crippen LogP contribution is -2.39. The molecule has 2 rings (SSSR count). The van der Waals surface area contributed by atoms with E-state index in [-0.39, 0.29) is 0 Å². The fourth-order valence-corrected chi connectivity index (χ4v) is 3.71. The van der Waals surface area contributed by atoms with E-state index < -0.39 is 0 Å². The summed E-state index contributed by atoms with van der Waals surface area (Å²) in [6.07, 6.45) is 16.3. The molecule has 1 heterocycles. The maximum Gasteiger partial charge on any atom is 0.0945 e. The van der Waals surface area contributed by atoms with Gasteiger partial charge in [0.2, 0.25) is 0 Å². The third kappa shape index (κ3) is 4.02. The van der Waals surface area contributed by atoms with Crippen molar-refractivity contribution in [1.82, 2.24) is 14.9 Å². The standard InChI is InChI=1S/C14H25N3S/c1-18-14(6-3-2-4-7-14)12-15-8-5-10-17-11-9-16-13-17/h9,11,13,15H,2-8,10,12H2,1H3. The first-order valence-corrected chi connectivity index (χ1v) is 8.29. The summed E-state index contributed by atoms with van der Waals surface area (Å²) >= 11 is 2.07. The number of imidazole rings is 1. The first kappa shape index (κ1) is 13.9. The highest BCUT2D eigenvalue weighted by Crippen LogP contribution is 2.37. The molecule has 102 valence electrons. The van der Waals surface area contributed by atoms with Crippen LogP contribution in [0, 0.1) is 0 Å². The summed E-state index contributed by atoms with van der Waals surface area (Å²) in [5.41, 5.74) is 0. The van der Waals surface area contributed by atoms with Crippen molar-refractivity contribution in [3.63, 3.8) is 0 Å². The van der Waals surface area contributed by atoms with Gasteiger partial charge in [-0.05, 0) is 32.1 Å². The minimum absolute atomic E-state index is 0.521. The highest BCUT2D eigenvalue weighted by molar-refractivity contribution is 8.00. The lowest BCUT2D eigenvalue weighted by molar-refractivity contribution is 0.378. The second kappa shape index (κ2) is 7.19. The maximum absolute atomic E-state index is 4.06. The fourth-order valence-electron chi connectivity index (χ4n) is 2.77. The largest absolute Gasteiger partial charge is 0.337 e.